The van der Waals surface area contributed by atoms with Gasteiger partial charge in [-0.05, 0) is 75.9 Å². The average molecular weight is 618 g/mol. The van der Waals surface area contributed by atoms with Crippen LogP contribution in [0.2, 0.25) is 0 Å². The number of nitrogen functional groups attached to an aromatic ring is 1. The normalized spacial score (nSPS) is 15.8. The van der Waals surface area contributed by atoms with E-state index >= 15 is 0 Å². The molecule has 1 aliphatic rings. The van der Waals surface area contributed by atoms with Crippen LogP contribution in [0.25, 0.3) is 10.4 Å². The van der Waals surface area contributed by atoms with Gasteiger partial charge in [0.05, 0.1) is 11.4 Å². The van der Waals surface area contributed by atoms with E-state index in [-0.39, 0.29) is 11.8 Å². The molecule has 0 bridgehead atoms. The van der Waals surface area contributed by atoms with Gasteiger partial charge in [-0.2, -0.15) is 0 Å². The molecule has 1 unspecified atom stereocenters. The van der Waals surface area contributed by atoms with E-state index in [1.54, 1.807) is 28.6 Å². The Morgan fingerprint density at radius 3 is 2.50 bits per heavy atom. The number of nitrogens with zero attached hydrogens (tertiary/aromatic N) is 1. The van der Waals surface area contributed by atoms with Gasteiger partial charge >= 0.3 is 5.97 Å². The summed E-state index contributed by atoms with van der Waals surface area (Å²) in [5.41, 5.74) is 8.86. The Morgan fingerprint density at radius 1 is 1.17 bits per heavy atom. The van der Waals surface area contributed by atoms with E-state index in [1.807, 2.05) is 52.0 Å². The van der Waals surface area contributed by atoms with E-state index < -0.39 is 34.5 Å². The van der Waals surface area contributed by atoms with Crippen molar-refractivity contribution in [1.82, 2.24) is 4.31 Å². The molecule has 2 heterocycles. The fourth-order valence-corrected chi connectivity index (χ4v) is 7.62. The first-order valence-corrected chi connectivity index (χ1v) is 16.2. The number of rotatable bonds is 11. The van der Waals surface area contributed by atoms with Crippen LogP contribution in [0.3, 0.4) is 0 Å². The summed E-state index contributed by atoms with van der Waals surface area (Å²) >= 11 is 1.30. The Labute approximate surface area is 251 Å². The van der Waals surface area contributed by atoms with Crippen LogP contribution < -0.4 is 15.8 Å². The SMILES string of the molecule is Cc1c(-c2cccc(NC3CCN(S(=O)(=O)Cc4cccc(N)c4)CC3)c2)sc(C(O)OC(C)(C)C)c1OCC(=O)O. The number of hydrogen-bond acceptors (Lipinski definition) is 9. The molecule has 228 valence electrons. The van der Waals surface area contributed by atoms with Crippen LogP contribution in [-0.4, -0.2) is 60.2 Å². The molecule has 1 atom stereocenters. The van der Waals surface area contributed by atoms with Gasteiger partial charge in [0, 0.05) is 40.9 Å². The number of carboxylic acids is 1. The number of benzene rings is 2. The van der Waals surface area contributed by atoms with E-state index in [1.165, 1.54) is 11.3 Å². The van der Waals surface area contributed by atoms with Gasteiger partial charge in [-0.1, -0.05) is 24.3 Å². The molecule has 0 spiro atoms. The molecule has 12 heteroatoms. The number of hydrogen-bond donors (Lipinski definition) is 4. The molecule has 4 rings (SSSR count). The lowest BCUT2D eigenvalue weighted by Crippen LogP contribution is -2.42. The van der Waals surface area contributed by atoms with Crippen LogP contribution in [0.1, 0.15) is 55.9 Å². The van der Waals surface area contributed by atoms with Gasteiger partial charge in [-0.3, -0.25) is 0 Å². The first-order valence-electron chi connectivity index (χ1n) is 13.7. The molecule has 0 saturated carbocycles. The van der Waals surface area contributed by atoms with E-state index in [0.717, 1.165) is 16.1 Å². The maximum absolute atomic E-state index is 13.0. The Hall–Kier alpha value is -3.16. The molecule has 1 fully saturated rings. The van der Waals surface area contributed by atoms with Gasteiger partial charge < -0.3 is 30.7 Å². The minimum absolute atomic E-state index is 0.0754. The monoisotopic (exact) mass is 617 g/mol. The third-order valence-corrected chi connectivity index (χ3v) is 9.99. The number of carboxylic acid groups (broad SMARTS) is 1. The number of sulfonamides is 1. The fraction of sp³-hybridized carbons (Fsp3) is 0.433. The highest BCUT2D eigenvalue weighted by Gasteiger charge is 2.29. The minimum Gasteiger partial charge on any atom is -0.480 e. The number of anilines is 2. The fourth-order valence-electron chi connectivity index (χ4n) is 4.91. The van der Waals surface area contributed by atoms with Crippen LogP contribution in [0, 0.1) is 6.92 Å². The van der Waals surface area contributed by atoms with Crippen molar-refractivity contribution in [3.63, 3.8) is 0 Å². The quantitative estimate of drug-likeness (QED) is 0.172. The highest BCUT2D eigenvalue weighted by molar-refractivity contribution is 7.88. The number of nitrogens with two attached hydrogens (primary N) is 1. The highest BCUT2D eigenvalue weighted by atomic mass is 32.2. The number of carbonyl (C=O) groups is 1. The standard InChI is InChI=1S/C30H39N3O7S2/c1-19-26(39-17-25(34)35)28(29(36)40-30(2,3)4)41-27(19)21-8-6-10-24(16-21)32-23-11-13-33(14-12-23)42(37,38)18-20-7-5-9-22(31)15-20/h5-10,15-16,23,29,32,36H,11-14,17-18,31H2,1-4H3,(H,34,35). The molecule has 2 aromatic carbocycles. The Balaban J connectivity index is 1.46. The summed E-state index contributed by atoms with van der Waals surface area (Å²) in [6.07, 6.45) is 0.0336. The first-order chi connectivity index (χ1) is 19.7. The van der Waals surface area contributed by atoms with E-state index in [9.17, 15) is 23.4 Å². The van der Waals surface area contributed by atoms with Crippen molar-refractivity contribution < 1.29 is 32.9 Å². The number of aliphatic hydroxyl groups excluding tert-OH is 1. The van der Waals surface area contributed by atoms with Crippen molar-refractivity contribution in [3.05, 3.63) is 64.5 Å². The number of nitrogens with one attached hydrogen (secondary N) is 1. The summed E-state index contributed by atoms with van der Waals surface area (Å²) in [6.45, 7) is 7.60. The number of aliphatic carboxylic acids is 1. The number of aliphatic hydroxyl groups is 1. The van der Waals surface area contributed by atoms with Gasteiger partial charge in [-0.15, -0.1) is 11.3 Å². The number of thiophene rings is 1. The zero-order chi connectivity index (χ0) is 30.7. The molecule has 1 aromatic heterocycles. The zero-order valence-electron chi connectivity index (χ0n) is 24.3. The molecule has 3 aromatic rings. The molecule has 1 aliphatic heterocycles. The second-order valence-corrected chi connectivity index (χ2v) is 14.4. The number of piperidine rings is 1. The smallest absolute Gasteiger partial charge is 0.341 e. The number of ether oxygens (including phenoxy) is 2. The van der Waals surface area contributed by atoms with Gasteiger partial charge in [0.2, 0.25) is 10.0 Å². The molecule has 42 heavy (non-hydrogen) atoms. The minimum atomic E-state index is -3.46. The van der Waals surface area contributed by atoms with Gasteiger partial charge in [0.1, 0.15) is 10.6 Å². The molecule has 10 nitrogen and oxygen atoms in total. The predicted octanol–water partition coefficient (Wildman–Crippen LogP) is 4.98. The lowest BCUT2D eigenvalue weighted by Gasteiger charge is -2.32. The summed E-state index contributed by atoms with van der Waals surface area (Å²) in [6, 6.07) is 14.9. The lowest BCUT2D eigenvalue weighted by atomic mass is 10.0. The molecular weight excluding hydrogens is 578 g/mol. The highest BCUT2D eigenvalue weighted by Crippen LogP contribution is 2.45. The van der Waals surface area contributed by atoms with Gasteiger partial charge in [0.25, 0.3) is 0 Å². The maximum atomic E-state index is 13.0. The molecule has 0 aliphatic carbocycles. The third kappa shape index (κ3) is 8.23. The molecule has 0 amide bonds. The van der Waals surface area contributed by atoms with Crippen molar-refractivity contribution in [1.29, 1.82) is 0 Å². The van der Waals surface area contributed by atoms with E-state index in [0.29, 0.717) is 53.4 Å². The predicted molar refractivity (Wildman–Crippen MR) is 165 cm³/mol. The Morgan fingerprint density at radius 2 is 1.86 bits per heavy atom. The summed E-state index contributed by atoms with van der Waals surface area (Å²) in [5, 5.41) is 23.5. The van der Waals surface area contributed by atoms with Crippen LogP contribution in [-0.2, 0) is 25.3 Å². The third-order valence-electron chi connectivity index (χ3n) is 6.79. The summed E-state index contributed by atoms with van der Waals surface area (Å²) in [4.78, 5) is 12.4. The summed E-state index contributed by atoms with van der Waals surface area (Å²) in [5.74, 6) is -0.887. The molecular formula is C30H39N3O7S2. The van der Waals surface area contributed by atoms with E-state index in [2.05, 4.69) is 5.32 Å². The van der Waals surface area contributed by atoms with E-state index in [4.69, 9.17) is 15.2 Å². The molecule has 0 radical (unpaired) electrons. The molecule has 1 saturated heterocycles. The summed E-state index contributed by atoms with van der Waals surface area (Å²) < 4.78 is 38.9. The van der Waals surface area contributed by atoms with Crippen molar-refractivity contribution >= 4 is 38.7 Å². The molecule has 5 N–H and O–H groups in total. The second kappa shape index (κ2) is 13.0. The maximum Gasteiger partial charge on any atom is 0.341 e. The largest absolute Gasteiger partial charge is 0.480 e. The summed E-state index contributed by atoms with van der Waals surface area (Å²) in [7, 11) is -3.46. The van der Waals surface area contributed by atoms with Gasteiger partial charge in [0.15, 0.2) is 12.9 Å². The average Bonchev–Trinajstić information content (AvgIpc) is 3.23. The van der Waals surface area contributed by atoms with Crippen LogP contribution in [0.15, 0.2) is 48.5 Å². The van der Waals surface area contributed by atoms with Crippen molar-refractivity contribution in [3.8, 4) is 16.2 Å². The van der Waals surface area contributed by atoms with Crippen molar-refractivity contribution in [2.75, 3.05) is 30.7 Å². The lowest BCUT2D eigenvalue weighted by molar-refractivity contribution is -0.168. The van der Waals surface area contributed by atoms with Gasteiger partial charge in [-0.25, -0.2) is 17.5 Å². The topological polar surface area (TPSA) is 151 Å². The second-order valence-electron chi connectivity index (χ2n) is 11.4. The van der Waals surface area contributed by atoms with Crippen LogP contribution in [0.5, 0.6) is 5.75 Å². The van der Waals surface area contributed by atoms with Crippen LogP contribution in [0.4, 0.5) is 11.4 Å². The van der Waals surface area contributed by atoms with Crippen LogP contribution >= 0.6 is 11.3 Å². The Bertz CT molecular complexity index is 1510. The van der Waals surface area contributed by atoms with Crippen molar-refractivity contribution in [2.24, 2.45) is 0 Å². The Kier molecular flexibility index (Phi) is 9.84. The van der Waals surface area contributed by atoms with Crippen molar-refractivity contribution in [2.45, 2.75) is 64.2 Å². The zero-order valence-corrected chi connectivity index (χ0v) is 25.9. The first kappa shape index (κ1) is 31.8.